The number of morpholine rings is 1. The SMILES string of the molecule is CCCN(CCC)C(=O)[C@H]1NCCO[C@@H]1C.Cl. The monoisotopic (exact) mass is 264 g/mol. The third-order valence-electron chi connectivity index (χ3n) is 2.88. The highest BCUT2D eigenvalue weighted by molar-refractivity contribution is 5.85. The molecule has 0 aliphatic carbocycles. The smallest absolute Gasteiger partial charge is 0.242 e. The Morgan fingerprint density at radius 2 is 1.94 bits per heavy atom. The summed E-state index contributed by atoms with van der Waals surface area (Å²) in [6.07, 6.45) is 2.00. The number of amides is 1. The Balaban J connectivity index is 0.00000256. The van der Waals surface area contributed by atoms with Crippen LogP contribution < -0.4 is 5.32 Å². The van der Waals surface area contributed by atoms with Crippen molar-refractivity contribution in [3.05, 3.63) is 0 Å². The lowest BCUT2D eigenvalue weighted by molar-refractivity contribution is -0.139. The number of halogens is 1. The van der Waals surface area contributed by atoms with E-state index in [4.69, 9.17) is 4.74 Å². The first-order valence-electron chi connectivity index (χ1n) is 6.34. The quantitative estimate of drug-likeness (QED) is 0.817. The van der Waals surface area contributed by atoms with Gasteiger partial charge in [0.1, 0.15) is 6.04 Å². The summed E-state index contributed by atoms with van der Waals surface area (Å²) >= 11 is 0. The highest BCUT2D eigenvalue weighted by Gasteiger charge is 2.31. The summed E-state index contributed by atoms with van der Waals surface area (Å²) in [6.45, 7) is 9.33. The van der Waals surface area contributed by atoms with Crippen molar-refractivity contribution in [3.8, 4) is 0 Å². The number of nitrogens with zero attached hydrogens (tertiary/aromatic N) is 1. The molecule has 5 heteroatoms. The van der Waals surface area contributed by atoms with E-state index in [1.807, 2.05) is 11.8 Å². The maximum atomic E-state index is 12.3. The van der Waals surface area contributed by atoms with Crippen LogP contribution in [0.15, 0.2) is 0 Å². The second-order valence-electron chi connectivity index (χ2n) is 4.33. The Labute approximate surface area is 110 Å². The predicted molar refractivity (Wildman–Crippen MR) is 71.6 cm³/mol. The van der Waals surface area contributed by atoms with Crippen molar-refractivity contribution in [1.29, 1.82) is 0 Å². The number of hydrogen-bond donors (Lipinski definition) is 1. The molecule has 0 aromatic rings. The highest BCUT2D eigenvalue weighted by atomic mass is 35.5. The lowest BCUT2D eigenvalue weighted by atomic mass is 10.1. The van der Waals surface area contributed by atoms with Crippen LogP contribution in [0.4, 0.5) is 0 Å². The van der Waals surface area contributed by atoms with Crippen LogP contribution in [0.1, 0.15) is 33.6 Å². The largest absolute Gasteiger partial charge is 0.375 e. The number of nitrogens with one attached hydrogen (secondary N) is 1. The maximum absolute atomic E-state index is 12.3. The van der Waals surface area contributed by atoms with Gasteiger partial charge in [-0.1, -0.05) is 13.8 Å². The minimum atomic E-state index is -0.160. The molecule has 1 N–H and O–H groups in total. The van der Waals surface area contributed by atoms with Crippen molar-refractivity contribution >= 4 is 18.3 Å². The molecule has 2 atom stereocenters. The summed E-state index contributed by atoms with van der Waals surface area (Å²) in [5, 5.41) is 3.25. The van der Waals surface area contributed by atoms with Gasteiger partial charge in [0.25, 0.3) is 0 Å². The minimum Gasteiger partial charge on any atom is -0.375 e. The van der Waals surface area contributed by atoms with E-state index in [1.165, 1.54) is 0 Å². The summed E-state index contributed by atoms with van der Waals surface area (Å²) in [7, 11) is 0. The fraction of sp³-hybridized carbons (Fsp3) is 0.917. The van der Waals surface area contributed by atoms with E-state index in [0.717, 1.165) is 32.5 Å². The Morgan fingerprint density at radius 3 is 2.41 bits per heavy atom. The molecule has 0 aromatic carbocycles. The average molecular weight is 265 g/mol. The molecule has 1 aliphatic heterocycles. The summed E-state index contributed by atoms with van der Waals surface area (Å²) in [5.74, 6) is 0.191. The number of hydrogen-bond acceptors (Lipinski definition) is 3. The molecule has 102 valence electrons. The first-order chi connectivity index (χ1) is 7.70. The number of ether oxygens (including phenoxy) is 1. The lowest BCUT2D eigenvalue weighted by Crippen LogP contribution is -2.56. The topological polar surface area (TPSA) is 41.6 Å². The normalized spacial score (nSPS) is 23.9. The molecule has 0 bridgehead atoms. The standard InChI is InChI=1S/C12H24N2O2.ClH/c1-4-7-14(8-5-2)12(15)11-10(3)16-9-6-13-11;/h10-11,13H,4-9H2,1-3H3;1H/t10-,11+;/m1./s1. The second kappa shape index (κ2) is 8.72. The predicted octanol–water partition coefficient (Wildman–Crippen LogP) is 1.43. The van der Waals surface area contributed by atoms with Gasteiger partial charge in [-0.3, -0.25) is 4.79 Å². The third kappa shape index (κ3) is 4.82. The Hall–Kier alpha value is -0.320. The fourth-order valence-corrected chi connectivity index (χ4v) is 2.08. The van der Waals surface area contributed by atoms with Crippen molar-refractivity contribution in [3.63, 3.8) is 0 Å². The van der Waals surface area contributed by atoms with Crippen molar-refractivity contribution in [2.24, 2.45) is 0 Å². The Kier molecular flexibility index (Phi) is 8.56. The van der Waals surface area contributed by atoms with Gasteiger partial charge in [-0.25, -0.2) is 0 Å². The summed E-state index contributed by atoms with van der Waals surface area (Å²) < 4.78 is 5.51. The van der Waals surface area contributed by atoms with Crippen LogP contribution >= 0.6 is 12.4 Å². The first kappa shape index (κ1) is 16.7. The van der Waals surface area contributed by atoms with Crippen LogP contribution in [-0.2, 0) is 9.53 Å². The van der Waals surface area contributed by atoms with E-state index >= 15 is 0 Å². The molecular weight excluding hydrogens is 240 g/mol. The van der Waals surface area contributed by atoms with Crippen LogP contribution in [0, 0.1) is 0 Å². The maximum Gasteiger partial charge on any atom is 0.242 e. The molecular formula is C12H25ClN2O2. The van der Waals surface area contributed by atoms with E-state index in [-0.39, 0.29) is 30.5 Å². The number of carbonyl (C=O) groups is 1. The fourth-order valence-electron chi connectivity index (χ4n) is 2.08. The second-order valence-corrected chi connectivity index (χ2v) is 4.33. The van der Waals surface area contributed by atoms with E-state index in [0.29, 0.717) is 6.61 Å². The summed E-state index contributed by atoms with van der Waals surface area (Å²) in [4.78, 5) is 14.2. The molecule has 1 saturated heterocycles. The number of rotatable bonds is 5. The zero-order valence-corrected chi connectivity index (χ0v) is 11.9. The molecule has 1 aliphatic rings. The minimum absolute atomic E-state index is 0. The molecule has 0 radical (unpaired) electrons. The molecule has 0 aromatic heterocycles. The number of carbonyl (C=O) groups excluding carboxylic acids is 1. The summed E-state index contributed by atoms with van der Waals surface area (Å²) in [5.41, 5.74) is 0. The summed E-state index contributed by atoms with van der Waals surface area (Å²) in [6, 6.07) is -0.160. The zero-order chi connectivity index (χ0) is 12.0. The molecule has 0 unspecified atom stereocenters. The lowest BCUT2D eigenvalue weighted by Gasteiger charge is -2.33. The molecule has 17 heavy (non-hydrogen) atoms. The van der Waals surface area contributed by atoms with Crippen molar-refractivity contribution < 1.29 is 9.53 Å². The van der Waals surface area contributed by atoms with Gasteiger partial charge < -0.3 is 15.0 Å². The molecule has 1 heterocycles. The van der Waals surface area contributed by atoms with Crippen LogP contribution in [0.2, 0.25) is 0 Å². The van der Waals surface area contributed by atoms with Gasteiger partial charge in [-0.2, -0.15) is 0 Å². The van der Waals surface area contributed by atoms with E-state index in [1.54, 1.807) is 0 Å². The van der Waals surface area contributed by atoms with Gasteiger partial charge >= 0.3 is 0 Å². The van der Waals surface area contributed by atoms with Crippen LogP contribution in [-0.4, -0.2) is 49.2 Å². The van der Waals surface area contributed by atoms with Crippen molar-refractivity contribution in [1.82, 2.24) is 10.2 Å². The van der Waals surface area contributed by atoms with Gasteiger partial charge in [0, 0.05) is 19.6 Å². The Morgan fingerprint density at radius 1 is 1.35 bits per heavy atom. The van der Waals surface area contributed by atoms with Crippen LogP contribution in [0.25, 0.3) is 0 Å². The third-order valence-corrected chi connectivity index (χ3v) is 2.88. The van der Waals surface area contributed by atoms with Crippen LogP contribution in [0.3, 0.4) is 0 Å². The average Bonchev–Trinajstić information content (AvgIpc) is 2.28. The van der Waals surface area contributed by atoms with Crippen molar-refractivity contribution in [2.45, 2.75) is 45.8 Å². The van der Waals surface area contributed by atoms with Crippen molar-refractivity contribution in [2.75, 3.05) is 26.2 Å². The molecule has 1 fully saturated rings. The van der Waals surface area contributed by atoms with Gasteiger partial charge in [0.05, 0.1) is 12.7 Å². The van der Waals surface area contributed by atoms with E-state index in [2.05, 4.69) is 19.2 Å². The molecule has 0 spiro atoms. The van der Waals surface area contributed by atoms with E-state index in [9.17, 15) is 4.79 Å². The molecule has 4 nitrogen and oxygen atoms in total. The van der Waals surface area contributed by atoms with Gasteiger partial charge in [-0.05, 0) is 19.8 Å². The van der Waals surface area contributed by atoms with Crippen LogP contribution in [0.5, 0.6) is 0 Å². The first-order valence-corrected chi connectivity index (χ1v) is 6.34. The molecule has 1 rings (SSSR count). The zero-order valence-electron chi connectivity index (χ0n) is 11.1. The van der Waals surface area contributed by atoms with E-state index < -0.39 is 0 Å². The Bertz CT molecular complexity index is 221. The van der Waals surface area contributed by atoms with Gasteiger partial charge in [0.2, 0.25) is 5.91 Å². The molecule has 1 amide bonds. The van der Waals surface area contributed by atoms with Gasteiger partial charge in [0.15, 0.2) is 0 Å². The molecule has 0 saturated carbocycles. The van der Waals surface area contributed by atoms with Gasteiger partial charge in [-0.15, -0.1) is 12.4 Å². The highest BCUT2D eigenvalue weighted by Crippen LogP contribution is 2.08.